The second kappa shape index (κ2) is 3.98. The maximum Gasteiger partial charge on any atom is 0.212 e. The van der Waals surface area contributed by atoms with Gasteiger partial charge < -0.3 is 5.32 Å². The van der Waals surface area contributed by atoms with E-state index in [0.29, 0.717) is 5.92 Å². The molecule has 84 valence electrons. The third-order valence-electron chi connectivity index (χ3n) is 3.70. The molecule has 0 spiro atoms. The highest BCUT2D eigenvalue weighted by Gasteiger charge is 2.32. The Morgan fingerprint density at radius 1 is 1.31 bits per heavy atom. The van der Waals surface area contributed by atoms with Crippen LogP contribution in [0.2, 0.25) is 0 Å². The summed E-state index contributed by atoms with van der Waals surface area (Å²) >= 11 is 0. The fraction of sp³-hybridized carbons (Fsp3) is 0.462. The highest BCUT2D eigenvalue weighted by molar-refractivity contribution is 5.68. The van der Waals surface area contributed by atoms with Crippen LogP contribution in [0.15, 0.2) is 24.4 Å². The Balaban J connectivity index is 1.93. The van der Waals surface area contributed by atoms with Gasteiger partial charge in [-0.2, -0.15) is 4.39 Å². The molecular weight excluding hydrogens is 203 g/mol. The minimum absolute atomic E-state index is 0.402. The van der Waals surface area contributed by atoms with Crippen molar-refractivity contribution in [1.29, 1.82) is 0 Å². The van der Waals surface area contributed by atoms with Crippen LogP contribution < -0.4 is 5.32 Å². The molecule has 1 aromatic rings. The van der Waals surface area contributed by atoms with E-state index in [1.54, 1.807) is 6.20 Å². The summed E-state index contributed by atoms with van der Waals surface area (Å²) in [7, 11) is 0. The highest BCUT2D eigenvalue weighted by atomic mass is 19.1. The Bertz CT molecular complexity index is 410. The monoisotopic (exact) mass is 218 g/mol. The van der Waals surface area contributed by atoms with E-state index in [0.717, 1.165) is 31.0 Å². The third-order valence-corrected chi connectivity index (χ3v) is 3.70. The summed E-state index contributed by atoms with van der Waals surface area (Å²) < 4.78 is 12.8. The van der Waals surface area contributed by atoms with Gasteiger partial charge in [-0.1, -0.05) is 6.08 Å². The molecule has 1 aliphatic carbocycles. The van der Waals surface area contributed by atoms with Crippen molar-refractivity contribution in [2.75, 3.05) is 13.1 Å². The van der Waals surface area contributed by atoms with Gasteiger partial charge in [-0.15, -0.1) is 0 Å². The number of allylic oxidation sites excluding steroid dienone is 1. The Morgan fingerprint density at radius 2 is 2.25 bits per heavy atom. The van der Waals surface area contributed by atoms with Crippen LogP contribution in [0.1, 0.15) is 18.4 Å². The van der Waals surface area contributed by atoms with Crippen LogP contribution in [-0.4, -0.2) is 18.1 Å². The first-order valence-corrected chi connectivity index (χ1v) is 5.87. The van der Waals surface area contributed by atoms with Crippen molar-refractivity contribution in [1.82, 2.24) is 10.3 Å². The van der Waals surface area contributed by atoms with E-state index in [1.807, 2.05) is 6.07 Å². The Morgan fingerprint density at radius 3 is 3.06 bits per heavy atom. The zero-order chi connectivity index (χ0) is 11.0. The molecule has 2 aliphatic rings. The Labute approximate surface area is 94.6 Å². The first kappa shape index (κ1) is 9.97. The summed E-state index contributed by atoms with van der Waals surface area (Å²) in [6, 6.07) is 3.29. The Hall–Kier alpha value is -1.22. The zero-order valence-corrected chi connectivity index (χ0v) is 9.12. The van der Waals surface area contributed by atoms with E-state index in [9.17, 15) is 4.39 Å². The van der Waals surface area contributed by atoms with Gasteiger partial charge in [0.05, 0.1) is 0 Å². The van der Waals surface area contributed by atoms with Crippen LogP contribution in [-0.2, 0) is 0 Å². The molecule has 3 rings (SSSR count). The van der Waals surface area contributed by atoms with E-state index in [2.05, 4.69) is 16.4 Å². The molecule has 2 atom stereocenters. The average molecular weight is 218 g/mol. The van der Waals surface area contributed by atoms with Crippen molar-refractivity contribution in [3.05, 3.63) is 35.9 Å². The molecule has 16 heavy (non-hydrogen) atoms. The van der Waals surface area contributed by atoms with Crippen LogP contribution >= 0.6 is 0 Å². The minimum Gasteiger partial charge on any atom is -0.316 e. The van der Waals surface area contributed by atoms with Gasteiger partial charge in [0.25, 0.3) is 0 Å². The number of nitrogens with zero attached hydrogens (tertiary/aromatic N) is 1. The molecular formula is C13H15FN2. The largest absolute Gasteiger partial charge is 0.316 e. The standard InChI is InChI=1S/C13H15FN2/c14-13-5-4-10(7-16-13)11-3-1-2-9-6-15-8-12(9)11/h3-5,7,9,12,15H,1-2,6,8H2/t9-,12+/m1/s1. The van der Waals surface area contributed by atoms with Gasteiger partial charge in [0.15, 0.2) is 0 Å². The molecule has 0 radical (unpaired) electrons. The van der Waals surface area contributed by atoms with E-state index >= 15 is 0 Å². The predicted molar refractivity (Wildman–Crippen MR) is 61.3 cm³/mol. The maximum absolute atomic E-state index is 12.8. The average Bonchev–Trinajstić information content (AvgIpc) is 2.78. The van der Waals surface area contributed by atoms with Gasteiger partial charge in [0, 0.05) is 18.7 Å². The van der Waals surface area contributed by atoms with Crippen molar-refractivity contribution in [3.63, 3.8) is 0 Å². The second-order valence-corrected chi connectivity index (χ2v) is 4.63. The van der Waals surface area contributed by atoms with Crippen molar-refractivity contribution in [2.24, 2.45) is 11.8 Å². The van der Waals surface area contributed by atoms with E-state index in [-0.39, 0.29) is 0 Å². The lowest BCUT2D eigenvalue weighted by Crippen LogP contribution is -2.17. The van der Waals surface area contributed by atoms with Crippen molar-refractivity contribution >= 4 is 5.57 Å². The zero-order valence-electron chi connectivity index (χ0n) is 9.12. The van der Waals surface area contributed by atoms with Crippen LogP contribution in [0.25, 0.3) is 5.57 Å². The first-order chi connectivity index (χ1) is 7.84. The lowest BCUT2D eigenvalue weighted by Gasteiger charge is -2.26. The van der Waals surface area contributed by atoms with E-state index in [4.69, 9.17) is 0 Å². The molecule has 0 bridgehead atoms. The number of halogens is 1. The summed E-state index contributed by atoms with van der Waals surface area (Å²) in [5.74, 6) is 0.951. The van der Waals surface area contributed by atoms with Gasteiger partial charge in [0.2, 0.25) is 5.95 Å². The lowest BCUT2D eigenvalue weighted by atomic mass is 9.78. The van der Waals surface area contributed by atoms with Crippen LogP contribution in [0, 0.1) is 17.8 Å². The van der Waals surface area contributed by atoms with Crippen LogP contribution in [0.4, 0.5) is 4.39 Å². The number of rotatable bonds is 1. The molecule has 0 amide bonds. The molecule has 1 fully saturated rings. The summed E-state index contributed by atoms with van der Waals surface area (Å²) in [6.07, 6.45) is 6.36. The summed E-state index contributed by atoms with van der Waals surface area (Å²) in [6.45, 7) is 2.17. The molecule has 0 aromatic carbocycles. The summed E-state index contributed by atoms with van der Waals surface area (Å²) in [5, 5.41) is 3.44. The summed E-state index contributed by atoms with van der Waals surface area (Å²) in [4.78, 5) is 3.74. The van der Waals surface area contributed by atoms with Gasteiger partial charge in [-0.25, -0.2) is 4.98 Å². The molecule has 1 saturated heterocycles. The predicted octanol–water partition coefficient (Wildman–Crippen LogP) is 2.23. The minimum atomic E-state index is -0.402. The van der Waals surface area contributed by atoms with Gasteiger partial charge in [-0.05, 0) is 48.6 Å². The molecule has 2 heterocycles. The molecule has 3 heteroatoms. The highest BCUT2D eigenvalue weighted by Crippen LogP contribution is 2.38. The quantitative estimate of drug-likeness (QED) is 0.731. The first-order valence-electron chi connectivity index (χ1n) is 5.87. The lowest BCUT2D eigenvalue weighted by molar-refractivity contribution is 0.454. The normalized spacial score (nSPS) is 28.7. The maximum atomic E-state index is 12.8. The van der Waals surface area contributed by atoms with Crippen LogP contribution in [0.3, 0.4) is 0 Å². The number of aromatic nitrogens is 1. The number of fused-ring (bicyclic) bond motifs is 1. The molecule has 1 aliphatic heterocycles. The molecule has 1 aromatic heterocycles. The summed E-state index contributed by atoms with van der Waals surface area (Å²) in [5.41, 5.74) is 2.44. The van der Waals surface area contributed by atoms with Gasteiger partial charge >= 0.3 is 0 Å². The van der Waals surface area contributed by atoms with Gasteiger partial charge in [-0.3, -0.25) is 0 Å². The molecule has 0 unspecified atom stereocenters. The van der Waals surface area contributed by atoms with Gasteiger partial charge in [0.1, 0.15) is 0 Å². The molecule has 1 N–H and O–H groups in total. The fourth-order valence-electron chi connectivity index (χ4n) is 2.88. The smallest absolute Gasteiger partial charge is 0.212 e. The topological polar surface area (TPSA) is 24.9 Å². The van der Waals surface area contributed by atoms with Crippen molar-refractivity contribution < 1.29 is 4.39 Å². The second-order valence-electron chi connectivity index (χ2n) is 4.63. The van der Waals surface area contributed by atoms with Crippen LogP contribution in [0.5, 0.6) is 0 Å². The SMILES string of the molecule is Fc1ccc(C2=CCC[C@@H]3CNC[C@H]23)cn1. The number of nitrogens with one attached hydrogen (secondary N) is 1. The Kier molecular flexibility index (Phi) is 2.48. The van der Waals surface area contributed by atoms with Crippen molar-refractivity contribution in [2.45, 2.75) is 12.8 Å². The molecule has 0 saturated carbocycles. The fourth-order valence-corrected chi connectivity index (χ4v) is 2.88. The van der Waals surface area contributed by atoms with E-state index < -0.39 is 5.95 Å². The van der Waals surface area contributed by atoms with E-state index in [1.165, 1.54) is 18.1 Å². The van der Waals surface area contributed by atoms with Crippen molar-refractivity contribution in [3.8, 4) is 0 Å². The third kappa shape index (κ3) is 1.65. The number of hydrogen-bond donors (Lipinski definition) is 1. The number of hydrogen-bond acceptors (Lipinski definition) is 2. The number of pyridine rings is 1. The molecule has 2 nitrogen and oxygen atoms in total.